The Balaban J connectivity index is 1.59. The summed E-state index contributed by atoms with van der Waals surface area (Å²) >= 11 is 6.00. The average Bonchev–Trinajstić information content (AvgIpc) is 3.18. The number of anilines is 2. The van der Waals surface area contributed by atoms with Gasteiger partial charge in [0.2, 0.25) is 5.95 Å². The third kappa shape index (κ3) is 4.19. The van der Waals surface area contributed by atoms with Crippen molar-refractivity contribution in [1.82, 2.24) is 19.5 Å². The number of hydrogen-bond donors (Lipinski definition) is 1. The van der Waals surface area contributed by atoms with Crippen LogP contribution >= 0.6 is 11.6 Å². The van der Waals surface area contributed by atoms with Gasteiger partial charge in [0.05, 0.1) is 0 Å². The lowest BCUT2D eigenvalue weighted by atomic mass is 9.95. The molecule has 5 nitrogen and oxygen atoms in total. The zero-order valence-corrected chi connectivity index (χ0v) is 18.7. The maximum Gasteiger partial charge on any atom is 0.229 e. The summed E-state index contributed by atoms with van der Waals surface area (Å²) in [4.78, 5) is 13.9. The van der Waals surface area contributed by atoms with E-state index in [4.69, 9.17) is 16.6 Å². The molecule has 0 saturated heterocycles. The highest BCUT2D eigenvalue weighted by Crippen LogP contribution is 2.36. The molecule has 164 valence electrons. The molecule has 5 rings (SSSR count). The summed E-state index contributed by atoms with van der Waals surface area (Å²) in [6, 6.07) is 8.91. The van der Waals surface area contributed by atoms with Gasteiger partial charge < -0.3 is 9.88 Å². The van der Waals surface area contributed by atoms with Crippen molar-refractivity contribution in [2.45, 2.75) is 51.5 Å². The van der Waals surface area contributed by atoms with Gasteiger partial charge in [0.25, 0.3) is 0 Å². The summed E-state index contributed by atoms with van der Waals surface area (Å²) in [6.45, 7) is 2.10. The molecule has 0 radical (unpaired) electrons. The second-order valence-electron chi connectivity index (χ2n) is 8.35. The molecule has 7 heteroatoms. The third-order valence-electron chi connectivity index (χ3n) is 6.16. The molecule has 1 aliphatic rings. The molecular formula is C25H25ClFN5. The summed E-state index contributed by atoms with van der Waals surface area (Å²) in [5.41, 5.74) is 4.61. The normalized spacial score (nSPS) is 14.7. The molecule has 0 bridgehead atoms. The Labute approximate surface area is 191 Å². The first-order valence-corrected chi connectivity index (χ1v) is 11.5. The number of aromatic nitrogens is 4. The van der Waals surface area contributed by atoms with E-state index in [1.165, 1.54) is 31.4 Å². The van der Waals surface area contributed by atoms with E-state index in [2.05, 4.69) is 45.1 Å². The monoisotopic (exact) mass is 449 g/mol. The fourth-order valence-electron chi connectivity index (χ4n) is 4.51. The predicted octanol–water partition coefficient (Wildman–Crippen LogP) is 7.10. The lowest BCUT2D eigenvalue weighted by molar-refractivity contribution is 0.360. The van der Waals surface area contributed by atoms with Gasteiger partial charge in [-0.15, -0.1) is 0 Å². The van der Waals surface area contributed by atoms with E-state index in [0.717, 1.165) is 47.1 Å². The largest absolute Gasteiger partial charge is 0.329 e. The molecule has 0 unspecified atom stereocenters. The van der Waals surface area contributed by atoms with E-state index in [9.17, 15) is 4.39 Å². The van der Waals surface area contributed by atoms with Crippen LogP contribution in [-0.4, -0.2) is 19.5 Å². The standard InChI is InChI=1S/C25H25ClFN5/c1-2-19-9-8-16(13-28-19)23-15-32(21-6-4-3-5-7-21)24-22(23)14-29-25(31-24)30-20-11-17(26)10-18(27)12-20/h8-15,21H,2-7H2,1H3,(H,29,30,31). The summed E-state index contributed by atoms with van der Waals surface area (Å²) in [7, 11) is 0. The molecule has 1 aliphatic carbocycles. The quantitative estimate of drug-likeness (QED) is 0.353. The summed E-state index contributed by atoms with van der Waals surface area (Å²) in [5.74, 6) is 0.0114. The number of nitrogens with zero attached hydrogens (tertiary/aromatic N) is 4. The van der Waals surface area contributed by atoms with Gasteiger partial charge in [0.1, 0.15) is 11.5 Å². The van der Waals surface area contributed by atoms with Crippen molar-refractivity contribution in [3.63, 3.8) is 0 Å². The molecule has 0 spiro atoms. The van der Waals surface area contributed by atoms with E-state index in [0.29, 0.717) is 22.7 Å². The average molecular weight is 450 g/mol. The van der Waals surface area contributed by atoms with Crippen molar-refractivity contribution in [3.8, 4) is 11.1 Å². The maximum atomic E-state index is 13.8. The summed E-state index contributed by atoms with van der Waals surface area (Å²) in [5, 5.41) is 4.41. The molecule has 0 aliphatic heterocycles. The molecule has 0 atom stereocenters. The van der Waals surface area contributed by atoms with Crippen LogP contribution in [0.1, 0.15) is 50.8 Å². The minimum absolute atomic E-state index is 0.324. The zero-order valence-electron chi connectivity index (χ0n) is 18.0. The van der Waals surface area contributed by atoms with Crippen molar-refractivity contribution in [1.29, 1.82) is 0 Å². The minimum atomic E-state index is -0.406. The highest BCUT2D eigenvalue weighted by molar-refractivity contribution is 6.30. The van der Waals surface area contributed by atoms with Gasteiger partial charge in [-0.25, -0.2) is 9.37 Å². The Morgan fingerprint density at radius 3 is 2.66 bits per heavy atom. The van der Waals surface area contributed by atoms with Crippen LogP contribution in [0.25, 0.3) is 22.2 Å². The fourth-order valence-corrected chi connectivity index (χ4v) is 4.73. The summed E-state index contributed by atoms with van der Waals surface area (Å²) in [6.07, 6.45) is 12.9. The zero-order chi connectivity index (χ0) is 22.1. The van der Waals surface area contributed by atoms with E-state index >= 15 is 0 Å². The Kier molecular flexibility index (Phi) is 5.79. The second kappa shape index (κ2) is 8.87. The van der Waals surface area contributed by atoms with Gasteiger partial charge in [-0.1, -0.05) is 43.9 Å². The lowest BCUT2D eigenvalue weighted by Gasteiger charge is -2.23. The van der Waals surface area contributed by atoms with Crippen LogP contribution in [0.5, 0.6) is 0 Å². The SMILES string of the molecule is CCc1ccc(-c2cn(C3CCCCC3)c3nc(Nc4cc(F)cc(Cl)c4)ncc23)cn1. The number of halogens is 2. The fraction of sp³-hybridized carbons (Fsp3) is 0.320. The van der Waals surface area contributed by atoms with Gasteiger partial charge >= 0.3 is 0 Å². The number of hydrogen-bond acceptors (Lipinski definition) is 4. The van der Waals surface area contributed by atoms with Crippen LogP contribution < -0.4 is 5.32 Å². The first-order chi connectivity index (χ1) is 15.6. The third-order valence-corrected chi connectivity index (χ3v) is 6.37. The van der Waals surface area contributed by atoms with Crippen molar-refractivity contribution < 1.29 is 4.39 Å². The Hall–Kier alpha value is -2.99. The van der Waals surface area contributed by atoms with Crippen LogP contribution in [0, 0.1) is 5.82 Å². The van der Waals surface area contributed by atoms with Gasteiger partial charge in [0.15, 0.2) is 0 Å². The molecular weight excluding hydrogens is 425 g/mol. The Morgan fingerprint density at radius 2 is 1.94 bits per heavy atom. The molecule has 3 aromatic heterocycles. The van der Waals surface area contributed by atoms with Crippen molar-refractivity contribution in [3.05, 3.63) is 65.5 Å². The number of fused-ring (bicyclic) bond motifs is 1. The molecule has 32 heavy (non-hydrogen) atoms. The minimum Gasteiger partial charge on any atom is -0.329 e. The first kappa shape index (κ1) is 20.9. The molecule has 4 aromatic rings. The van der Waals surface area contributed by atoms with Crippen LogP contribution in [0.4, 0.5) is 16.0 Å². The van der Waals surface area contributed by atoms with E-state index in [1.807, 2.05) is 12.4 Å². The van der Waals surface area contributed by atoms with E-state index in [-0.39, 0.29) is 0 Å². The highest BCUT2D eigenvalue weighted by Gasteiger charge is 2.21. The first-order valence-electron chi connectivity index (χ1n) is 11.2. The van der Waals surface area contributed by atoms with Crippen LogP contribution in [0.3, 0.4) is 0 Å². The lowest BCUT2D eigenvalue weighted by Crippen LogP contribution is -2.12. The number of nitrogens with one attached hydrogen (secondary N) is 1. The van der Waals surface area contributed by atoms with Crippen LogP contribution in [-0.2, 0) is 6.42 Å². The van der Waals surface area contributed by atoms with Crippen LogP contribution in [0.15, 0.2) is 48.9 Å². The van der Waals surface area contributed by atoms with E-state index < -0.39 is 5.82 Å². The Morgan fingerprint density at radius 1 is 1.09 bits per heavy atom. The molecule has 1 saturated carbocycles. The van der Waals surface area contributed by atoms with Crippen molar-refractivity contribution >= 4 is 34.3 Å². The molecule has 3 heterocycles. The number of aryl methyl sites for hydroxylation is 1. The van der Waals surface area contributed by atoms with Crippen LogP contribution in [0.2, 0.25) is 5.02 Å². The molecule has 1 fully saturated rings. The topological polar surface area (TPSA) is 55.6 Å². The number of benzene rings is 1. The van der Waals surface area contributed by atoms with Crippen molar-refractivity contribution in [2.24, 2.45) is 0 Å². The second-order valence-corrected chi connectivity index (χ2v) is 8.78. The highest BCUT2D eigenvalue weighted by atomic mass is 35.5. The molecule has 0 amide bonds. The van der Waals surface area contributed by atoms with E-state index in [1.54, 1.807) is 6.07 Å². The van der Waals surface area contributed by atoms with Crippen molar-refractivity contribution in [2.75, 3.05) is 5.32 Å². The smallest absolute Gasteiger partial charge is 0.229 e. The predicted molar refractivity (Wildman–Crippen MR) is 127 cm³/mol. The number of pyridine rings is 1. The summed E-state index contributed by atoms with van der Waals surface area (Å²) < 4.78 is 16.1. The molecule has 1 aromatic carbocycles. The maximum absolute atomic E-state index is 13.8. The van der Waals surface area contributed by atoms with Gasteiger partial charge in [-0.3, -0.25) is 4.98 Å². The van der Waals surface area contributed by atoms with Gasteiger partial charge in [-0.05, 0) is 43.5 Å². The van der Waals surface area contributed by atoms with Gasteiger partial charge in [0, 0.05) is 57.5 Å². The molecule has 1 N–H and O–H groups in total. The number of rotatable bonds is 5. The van der Waals surface area contributed by atoms with Gasteiger partial charge in [-0.2, -0.15) is 4.98 Å². The Bertz CT molecular complexity index is 1230.